The fraction of sp³-hybridized carbons (Fsp3) is 0.480. The second kappa shape index (κ2) is 10.5. The first-order valence-corrected chi connectivity index (χ1v) is 11.9. The zero-order chi connectivity index (χ0) is 21.9. The molecule has 0 spiro atoms. The van der Waals surface area contributed by atoms with Gasteiger partial charge in [-0.1, -0.05) is 12.1 Å². The third kappa shape index (κ3) is 4.99. The number of piperidine rings is 1. The average molecular weight is 470 g/mol. The summed E-state index contributed by atoms with van der Waals surface area (Å²) < 4.78 is 0. The van der Waals surface area contributed by atoms with Crippen LogP contribution in [0, 0.1) is 5.92 Å². The maximum Gasteiger partial charge on any atom is 0.330 e. The van der Waals surface area contributed by atoms with Gasteiger partial charge in [0.15, 0.2) is 5.82 Å². The summed E-state index contributed by atoms with van der Waals surface area (Å²) in [5.41, 5.74) is 1.63. The van der Waals surface area contributed by atoms with Crippen molar-refractivity contribution in [3.05, 3.63) is 48.2 Å². The molecule has 3 aliphatic heterocycles. The number of nitrogens with zero attached hydrogens (tertiary/aromatic N) is 4. The molecule has 3 amide bonds. The molecule has 7 nitrogen and oxygen atoms in total. The van der Waals surface area contributed by atoms with Gasteiger partial charge in [-0.15, -0.1) is 12.4 Å². The molecular weight excluding hydrogens is 438 g/mol. The number of likely N-dealkylation sites (tertiary alicyclic amines) is 2. The van der Waals surface area contributed by atoms with Crippen LogP contribution >= 0.6 is 12.4 Å². The molecule has 0 aliphatic carbocycles. The van der Waals surface area contributed by atoms with Crippen LogP contribution in [0.3, 0.4) is 0 Å². The van der Waals surface area contributed by atoms with Gasteiger partial charge in [0.2, 0.25) is 0 Å². The van der Waals surface area contributed by atoms with Crippen LogP contribution in [0.5, 0.6) is 0 Å². The Hall–Kier alpha value is -2.64. The molecule has 2 fully saturated rings. The van der Waals surface area contributed by atoms with E-state index in [1.54, 1.807) is 29.3 Å². The number of hydrogen-bond donors (Lipinski definition) is 1. The summed E-state index contributed by atoms with van der Waals surface area (Å²) in [6.45, 7) is 5.16. The molecular formula is C25H32ClN5O2. The van der Waals surface area contributed by atoms with Gasteiger partial charge in [0.05, 0.1) is 16.9 Å². The zero-order valence-corrected chi connectivity index (χ0v) is 19.7. The molecule has 8 heteroatoms. The Kier molecular flexibility index (Phi) is 7.50. The molecule has 2 saturated heterocycles. The van der Waals surface area contributed by atoms with Crippen LogP contribution in [0.4, 0.5) is 22.0 Å². The summed E-state index contributed by atoms with van der Waals surface area (Å²) in [5, 5.41) is 2.91. The third-order valence-corrected chi connectivity index (χ3v) is 6.90. The number of urea groups is 1. The molecule has 2 aromatic rings. The number of hydrogen-bond acceptors (Lipinski definition) is 4. The van der Waals surface area contributed by atoms with Crippen LogP contribution in [0.1, 0.15) is 48.9 Å². The number of rotatable bonds is 4. The number of para-hydroxylation sites is 1. The Bertz CT molecular complexity index is 994. The molecule has 1 N–H and O–H groups in total. The molecule has 176 valence electrons. The second-order valence-electron chi connectivity index (χ2n) is 9.11. The summed E-state index contributed by atoms with van der Waals surface area (Å²) in [5.74, 6) is 0.788. The lowest BCUT2D eigenvalue weighted by atomic mass is 9.93. The van der Waals surface area contributed by atoms with Gasteiger partial charge < -0.3 is 15.1 Å². The van der Waals surface area contributed by atoms with E-state index in [0.29, 0.717) is 28.7 Å². The number of nitrogens with one attached hydrogen (secondary N) is 1. The summed E-state index contributed by atoms with van der Waals surface area (Å²) in [4.78, 5) is 37.2. The number of carbonyl (C=O) groups excluding carboxylic acids is 2. The highest BCUT2D eigenvalue weighted by Gasteiger charge is 2.34. The first kappa shape index (κ1) is 23.5. The van der Waals surface area contributed by atoms with Gasteiger partial charge in [-0.05, 0) is 88.3 Å². The summed E-state index contributed by atoms with van der Waals surface area (Å²) in [7, 11) is 0. The maximum atomic E-state index is 13.8. The smallest absolute Gasteiger partial charge is 0.324 e. The van der Waals surface area contributed by atoms with E-state index in [0.717, 1.165) is 25.9 Å². The predicted octanol–water partition coefficient (Wildman–Crippen LogP) is 4.92. The fourth-order valence-electron chi connectivity index (χ4n) is 5.26. The molecule has 1 atom stereocenters. The van der Waals surface area contributed by atoms with Crippen molar-refractivity contribution >= 4 is 41.5 Å². The third-order valence-electron chi connectivity index (χ3n) is 6.90. The monoisotopic (exact) mass is 469 g/mol. The summed E-state index contributed by atoms with van der Waals surface area (Å²) in [6.07, 6.45) is 8.87. The highest BCUT2D eigenvalue weighted by atomic mass is 35.5. The van der Waals surface area contributed by atoms with Crippen molar-refractivity contribution in [3.8, 4) is 0 Å². The van der Waals surface area contributed by atoms with Crippen molar-refractivity contribution < 1.29 is 9.59 Å². The minimum absolute atomic E-state index is 0. The van der Waals surface area contributed by atoms with Crippen molar-refractivity contribution in [2.24, 2.45) is 5.92 Å². The molecule has 3 aliphatic rings. The number of carbonyl (C=O) groups is 2. The van der Waals surface area contributed by atoms with E-state index in [1.165, 1.54) is 45.3 Å². The highest BCUT2D eigenvalue weighted by Crippen LogP contribution is 2.37. The Balaban J connectivity index is 0.00000259. The van der Waals surface area contributed by atoms with Gasteiger partial charge in [0, 0.05) is 19.3 Å². The van der Waals surface area contributed by atoms with Gasteiger partial charge in [0.25, 0.3) is 5.91 Å². The lowest BCUT2D eigenvalue weighted by Crippen LogP contribution is -2.46. The minimum atomic E-state index is -0.219. The minimum Gasteiger partial charge on any atom is -0.324 e. The number of benzene rings is 1. The Morgan fingerprint density at radius 3 is 2.73 bits per heavy atom. The quantitative estimate of drug-likeness (QED) is 0.690. The largest absolute Gasteiger partial charge is 0.330 e. The van der Waals surface area contributed by atoms with Crippen LogP contribution in [0.25, 0.3) is 0 Å². The molecule has 1 aromatic heterocycles. The number of pyridine rings is 1. The van der Waals surface area contributed by atoms with Gasteiger partial charge in [0.1, 0.15) is 0 Å². The molecule has 0 radical (unpaired) electrons. The Labute approximate surface area is 201 Å². The van der Waals surface area contributed by atoms with Crippen LogP contribution in [-0.4, -0.2) is 59.4 Å². The van der Waals surface area contributed by atoms with Crippen LogP contribution in [0.15, 0.2) is 42.6 Å². The summed E-state index contributed by atoms with van der Waals surface area (Å²) in [6, 6.07) is 10.7. The molecule has 33 heavy (non-hydrogen) atoms. The Morgan fingerprint density at radius 1 is 1.06 bits per heavy atom. The maximum absolute atomic E-state index is 13.8. The molecule has 4 heterocycles. The first-order valence-electron chi connectivity index (χ1n) is 11.9. The highest BCUT2D eigenvalue weighted by molar-refractivity contribution is 6.16. The van der Waals surface area contributed by atoms with E-state index in [9.17, 15) is 9.59 Å². The fourth-order valence-corrected chi connectivity index (χ4v) is 5.26. The molecule has 5 rings (SSSR count). The van der Waals surface area contributed by atoms with Crippen LogP contribution < -0.4 is 10.2 Å². The van der Waals surface area contributed by atoms with Crippen LogP contribution in [-0.2, 0) is 0 Å². The first-order chi connectivity index (χ1) is 15.7. The molecule has 0 bridgehead atoms. The van der Waals surface area contributed by atoms with E-state index in [4.69, 9.17) is 0 Å². The second-order valence-corrected chi connectivity index (χ2v) is 9.11. The van der Waals surface area contributed by atoms with Crippen molar-refractivity contribution in [2.75, 3.05) is 42.9 Å². The lowest BCUT2D eigenvalue weighted by Gasteiger charge is -2.36. The van der Waals surface area contributed by atoms with Crippen molar-refractivity contribution in [2.45, 2.75) is 38.5 Å². The number of fused-ring (bicyclic) bond motifs is 2. The zero-order valence-electron chi connectivity index (χ0n) is 18.9. The molecule has 1 unspecified atom stereocenters. The van der Waals surface area contributed by atoms with E-state index in [1.807, 2.05) is 23.1 Å². The van der Waals surface area contributed by atoms with Crippen molar-refractivity contribution in [3.63, 3.8) is 0 Å². The Morgan fingerprint density at radius 2 is 1.88 bits per heavy atom. The standard InChI is InChI=1S/C25H31N5O2.ClH/c31-24-20-10-1-2-12-22(20)30(23-21(27-24)11-5-13-26-23)25(32)29-17-7-9-19(18-29)8-6-16-28-14-3-4-15-28;/h1-2,5,10-13,19H,3-4,6-9,14-18H2,(H,27,31);1H. The SMILES string of the molecule is Cl.O=C1Nc2cccnc2N(C(=O)N2CCCC(CCCN3CCCC3)C2)c2ccccc21. The van der Waals surface area contributed by atoms with Gasteiger partial charge >= 0.3 is 6.03 Å². The molecule has 0 saturated carbocycles. The normalized spacial score (nSPS) is 20.4. The van der Waals surface area contributed by atoms with Gasteiger partial charge in [-0.25, -0.2) is 14.7 Å². The lowest BCUT2D eigenvalue weighted by molar-refractivity contribution is 0.102. The van der Waals surface area contributed by atoms with Gasteiger partial charge in [-0.2, -0.15) is 0 Å². The van der Waals surface area contributed by atoms with Gasteiger partial charge in [-0.3, -0.25) is 4.79 Å². The topological polar surface area (TPSA) is 68.8 Å². The van der Waals surface area contributed by atoms with E-state index < -0.39 is 0 Å². The number of halogens is 1. The van der Waals surface area contributed by atoms with Crippen molar-refractivity contribution in [1.82, 2.24) is 14.8 Å². The number of aromatic nitrogens is 1. The molecule has 1 aromatic carbocycles. The summed E-state index contributed by atoms with van der Waals surface area (Å²) >= 11 is 0. The van der Waals surface area contributed by atoms with E-state index in [-0.39, 0.29) is 24.3 Å². The van der Waals surface area contributed by atoms with E-state index in [2.05, 4.69) is 15.2 Å². The number of anilines is 3. The predicted molar refractivity (Wildman–Crippen MR) is 133 cm³/mol. The van der Waals surface area contributed by atoms with Crippen LogP contribution in [0.2, 0.25) is 0 Å². The number of amides is 3. The van der Waals surface area contributed by atoms with Crippen molar-refractivity contribution in [1.29, 1.82) is 0 Å². The average Bonchev–Trinajstić information content (AvgIpc) is 3.30. The van der Waals surface area contributed by atoms with E-state index >= 15 is 0 Å².